The lowest BCUT2D eigenvalue weighted by atomic mass is 9.91. The molecule has 5 heteroatoms. The Morgan fingerprint density at radius 2 is 2.05 bits per heavy atom. The minimum atomic E-state index is -0.301. The van der Waals surface area contributed by atoms with Gasteiger partial charge in [0.05, 0.1) is 0 Å². The summed E-state index contributed by atoms with van der Waals surface area (Å²) in [6.07, 6.45) is 0.802. The highest BCUT2D eigenvalue weighted by Gasteiger charge is 2.23. The van der Waals surface area contributed by atoms with Crippen molar-refractivity contribution in [3.63, 3.8) is 0 Å². The van der Waals surface area contributed by atoms with E-state index in [1.807, 2.05) is 7.05 Å². The van der Waals surface area contributed by atoms with E-state index in [0.717, 1.165) is 35.3 Å². The summed E-state index contributed by atoms with van der Waals surface area (Å²) >= 11 is 0. The Morgan fingerprint density at radius 3 is 2.71 bits per heavy atom. The van der Waals surface area contributed by atoms with Crippen molar-refractivity contribution in [2.75, 3.05) is 19.3 Å². The Hall–Kier alpha value is -2.45. The zero-order valence-electron chi connectivity index (χ0n) is 11.7. The van der Waals surface area contributed by atoms with Gasteiger partial charge in [0.25, 0.3) is 0 Å². The maximum absolute atomic E-state index is 13.2. The van der Waals surface area contributed by atoms with Crippen molar-refractivity contribution >= 4 is 5.82 Å². The molecule has 0 fully saturated rings. The third-order valence-corrected chi connectivity index (χ3v) is 3.81. The van der Waals surface area contributed by atoms with Crippen LogP contribution in [-0.2, 0) is 13.0 Å². The van der Waals surface area contributed by atoms with Gasteiger partial charge in [0.1, 0.15) is 23.3 Å². The molecule has 1 aliphatic rings. The van der Waals surface area contributed by atoms with Crippen molar-refractivity contribution in [2.24, 2.45) is 0 Å². The first-order chi connectivity index (χ1) is 10.1. The fourth-order valence-electron chi connectivity index (χ4n) is 2.76. The normalized spacial score (nSPS) is 14.5. The second-order valence-corrected chi connectivity index (χ2v) is 5.28. The third-order valence-electron chi connectivity index (χ3n) is 3.81. The molecule has 0 aliphatic carbocycles. The minimum Gasteiger partial charge on any atom is -0.383 e. The Balaban J connectivity index is 2.28. The van der Waals surface area contributed by atoms with Crippen LogP contribution in [0.2, 0.25) is 0 Å². The van der Waals surface area contributed by atoms with Crippen LogP contribution in [-0.4, -0.2) is 23.5 Å². The number of fused-ring (bicyclic) bond motifs is 1. The summed E-state index contributed by atoms with van der Waals surface area (Å²) in [7, 11) is 2.03. The van der Waals surface area contributed by atoms with Gasteiger partial charge in [0, 0.05) is 30.8 Å². The van der Waals surface area contributed by atoms with Crippen LogP contribution in [0.1, 0.15) is 16.8 Å². The highest BCUT2D eigenvalue weighted by atomic mass is 19.1. The summed E-state index contributed by atoms with van der Waals surface area (Å²) in [4.78, 5) is 6.55. The molecule has 3 rings (SSSR count). The quantitative estimate of drug-likeness (QED) is 0.871. The molecule has 1 aliphatic heterocycles. The van der Waals surface area contributed by atoms with E-state index in [0.29, 0.717) is 12.1 Å². The summed E-state index contributed by atoms with van der Waals surface area (Å²) in [5.74, 6) is -0.0506. The molecule has 2 aromatic rings. The Morgan fingerprint density at radius 1 is 1.33 bits per heavy atom. The summed E-state index contributed by atoms with van der Waals surface area (Å²) in [5, 5.41) is 9.42. The molecule has 4 nitrogen and oxygen atoms in total. The van der Waals surface area contributed by atoms with E-state index in [1.165, 1.54) is 12.1 Å². The second kappa shape index (κ2) is 5.15. The van der Waals surface area contributed by atoms with Crippen molar-refractivity contribution in [3.8, 4) is 17.2 Å². The number of nitrogens with zero attached hydrogens (tertiary/aromatic N) is 3. The molecule has 0 bridgehead atoms. The fraction of sp³-hybridized carbons (Fsp3) is 0.250. The minimum absolute atomic E-state index is 0.250. The number of aromatic nitrogens is 1. The van der Waals surface area contributed by atoms with Crippen molar-refractivity contribution < 1.29 is 4.39 Å². The number of anilines is 1. The molecule has 1 aromatic heterocycles. The predicted molar refractivity (Wildman–Crippen MR) is 78.8 cm³/mol. The van der Waals surface area contributed by atoms with Gasteiger partial charge < -0.3 is 10.6 Å². The lowest BCUT2D eigenvalue weighted by Gasteiger charge is -2.27. The maximum atomic E-state index is 13.2. The van der Waals surface area contributed by atoms with Crippen molar-refractivity contribution in [1.29, 1.82) is 5.26 Å². The molecule has 0 amide bonds. The smallest absolute Gasteiger partial charge is 0.142 e. The summed E-state index contributed by atoms with van der Waals surface area (Å²) < 4.78 is 13.2. The number of likely N-dealkylation sites (N-methyl/N-ethyl adjacent to an activating group) is 1. The second-order valence-electron chi connectivity index (χ2n) is 5.28. The fourth-order valence-corrected chi connectivity index (χ4v) is 2.76. The van der Waals surface area contributed by atoms with Gasteiger partial charge in [0.2, 0.25) is 0 Å². The van der Waals surface area contributed by atoms with Crippen molar-refractivity contribution in [3.05, 3.63) is 46.9 Å². The molecular weight excluding hydrogens is 267 g/mol. The number of benzene rings is 1. The summed E-state index contributed by atoms with van der Waals surface area (Å²) in [6, 6.07) is 8.29. The standard InChI is InChI=1S/C16H15FN4/c1-21-7-6-14-13(9-21)15(12(8-18)16(19)20-14)10-2-4-11(17)5-3-10/h2-5H,6-7,9H2,1H3,(H2,19,20). The number of halogens is 1. The Kier molecular flexibility index (Phi) is 3.32. The number of nitrogen functional groups attached to an aromatic ring is 1. The maximum Gasteiger partial charge on any atom is 0.142 e. The highest BCUT2D eigenvalue weighted by Crippen LogP contribution is 2.34. The molecule has 106 valence electrons. The van der Waals surface area contributed by atoms with Gasteiger partial charge in [-0.2, -0.15) is 5.26 Å². The molecule has 21 heavy (non-hydrogen) atoms. The van der Waals surface area contributed by atoms with E-state index >= 15 is 0 Å². The number of nitrogens with two attached hydrogens (primary N) is 1. The monoisotopic (exact) mass is 282 g/mol. The van der Waals surface area contributed by atoms with Gasteiger partial charge in [-0.1, -0.05) is 12.1 Å². The first kappa shape index (κ1) is 13.5. The zero-order chi connectivity index (χ0) is 15.0. The molecule has 0 spiro atoms. The van der Waals surface area contributed by atoms with E-state index in [1.54, 1.807) is 12.1 Å². The van der Waals surface area contributed by atoms with E-state index in [-0.39, 0.29) is 11.6 Å². The topological polar surface area (TPSA) is 65.9 Å². The van der Waals surface area contributed by atoms with E-state index in [9.17, 15) is 9.65 Å². The number of pyridine rings is 1. The molecule has 0 unspecified atom stereocenters. The molecule has 2 N–H and O–H groups in total. The first-order valence-corrected chi connectivity index (χ1v) is 6.76. The van der Waals surface area contributed by atoms with Gasteiger partial charge in [-0.25, -0.2) is 9.37 Å². The van der Waals surface area contributed by atoms with Gasteiger partial charge in [-0.05, 0) is 30.3 Å². The van der Waals surface area contributed by atoms with Crippen LogP contribution in [0.15, 0.2) is 24.3 Å². The van der Waals surface area contributed by atoms with E-state index in [2.05, 4.69) is 16.0 Å². The average Bonchev–Trinajstić information content (AvgIpc) is 2.47. The van der Waals surface area contributed by atoms with Crippen molar-refractivity contribution in [1.82, 2.24) is 9.88 Å². The van der Waals surface area contributed by atoms with Crippen LogP contribution < -0.4 is 5.73 Å². The van der Waals surface area contributed by atoms with Gasteiger partial charge >= 0.3 is 0 Å². The first-order valence-electron chi connectivity index (χ1n) is 6.76. The summed E-state index contributed by atoms with van der Waals surface area (Å²) in [5.41, 5.74) is 9.84. The highest BCUT2D eigenvalue weighted by molar-refractivity contribution is 5.79. The zero-order valence-corrected chi connectivity index (χ0v) is 11.7. The molecule has 2 heterocycles. The van der Waals surface area contributed by atoms with Crippen LogP contribution in [0, 0.1) is 17.1 Å². The SMILES string of the molecule is CN1CCc2nc(N)c(C#N)c(-c3ccc(F)cc3)c2C1. The third kappa shape index (κ3) is 2.34. The molecule has 0 atom stereocenters. The predicted octanol–water partition coefficient (Wildman–Crippen LogP) is 2.33. The van der Waals surface area contributed by atoms with E-state index in [4.69, 9.17) is 5.73 Å². The van der Waals surface area contributed by atoms with Gasteiger partial charge in [0.15, 0.2) is 0 Å². The van der Waals surface area contributed by atoms with Crippen LogP contribution >= 0.6 is 0 Å². The lowest BCUT2D eigenvalue weighted by molar-refractivity contribution is 0.310. The number of hydrogen-bond donors (Lipinski definition) is 1. The summed E-state index contributed by atoms with van der Waals surface area (Å²) in [6.45, 7) is 1.62. The number of hydrogen-bond acceptors (Lipinski definition) is 4. The van der Waals surface area contributed by atoms with Crippen LogP contribution in [0.5, 0.6) is 0 Å². The number of rotatable bonds is 1. The lowest BCUT2D eigenvalue weighted by Crippen LogP contribution is -2.28. The van der Waals surface area contributed by atoms with Gasteiger partial charge in [-0.3, -0.25) is 0 Å². The largest absolute Gasteiger partial charge is 0.383 e. The van der Waals surface area contributed by atoms with Gasteiger partial charge in [-0.15, -0.1) is 0 Å². The molecular formula is C16H15FN4. The average molecular weight is 282 g/mol. The van der Waals surface area contributed by atoms with E-state index < -0.39 is 0 Å². The molecule has 0 saturated heterocycles. The van der Waals surface area contributed by atoms with Crippen LogP contribution in [0.4, 0.5) is 10.2 Å². The molecule has 0 radical (unpaired) electrons. The van der Waals surface area contributed by atoms with Crippen LogP contribution in [0.25, 0.3) is 11.1 Å². The van der Waals surface area contributed by atoms with Crippen LogP contribution in [0.3, 0.4) is 0 Å². The Labute approximate surface area is 122 Å². The Bertz CT molecular complexity index is 731. The van der Waals surface area contributed by atoms with Crippen molar-refractivity contribution in [2.45, 2.75) is 13.0 Å². The molecule has 1 aromatic carbocycles. The molecule has 0 saturated carbocycles. The number of nitriles is 1.